The summed E-state index contributed by atoms with van der Waals surface area (Å²) in [5.74, 6) is -0.219. The standard InChI is InChI=1S/C26H18FN3OS/c1-16-19(14-24-25(31)30-23-13-7-5-11-21(23)28-26(30)32-24)18-9-3-6-12-22(18)29(16)15-17-8-2-4-10-20(17)27/h2-14H,15H2,1H3/b24-14-. The van der Waals surface area contributed by atoms with Gasteiger partial charge < -0.3 is 4.57 Å². The zero-order valence-electron chi connectivity index (χ0n) is 17.2. The molecule has 6 aromatic rings. The topological polar surface area (TPSA) is 39.3 Å². The monoisotopic (exact) mass is 439 g/mol. The molecule has 3 heterocycles. The van der Waals surface area contributed by atoms with Crippen LogP contribution in [0.5, 0.6) is 0 Å². The normalized spacial score (nSPS) is 12.5. The number of para-hydroxylation sites is 3. The van der Waals surface area contributed by atoms with Crippen molar-refractivity contribution in [1.29, 1.82) is 0 Å². The fourth-order valence-corrected chi connectivity index (χ4v) is 5.35. The van der Waals surface area contributed by atoms with Gasteiger partial charge in [-0.2, -0.15) is 0 Å². The molecule has 0 aliphatic rings. The van der Waals surface area contributed by atoms with Gasteiger partial charge in [0.05, 0.1) is 22.1 Å². The Labute approximate surface area is 186 Å². The number of hydrogen-bond donors (Lipinski definition) is 0. The molecule has 0 unspecified atom stereocenters. The lowest BCUT2D eigenvalue weighted by molar-refractivity contribution is 0.600. The summed E-state index contributed by atoms with van der Waals surface area (Å²) in [6, 6.07) is 22.6. The Balaban J connectivity index is 1.58. The van der Waals surface area contributed by atoms with Crippen LogP contribution in [0, 0.1) is 12.7 Å². The molecule has 32 heavy (non-hydrogen) atoms. The van der Waals surface area contributed by atoms with Crippen LogP contribution < -0.4 is 10.1 Å². The first-order valence-electron chi connectivity index (χ1n) is 10.3. The third-order valence-electron chi connectivity index (χ3n) is 5.99. The van der Waals surface area contributed by atoms with Gasteiger partial charge in [0, 0.05) is 27.7 Å². The molecule has 156 valence electrons. The smallest absolute Gasteiger partial charge is 0.274 e. The molecule has 0 aliphatic heterocycles. The molecule has 0 N–H and O–H groups in total. The van der Waals surface area contributed by atoms with Crippen molar-refractivity contribution < 1.29 is 4.39 Å². The lowest BCUT2D eigenvalue weighted by Crippen LogP contribution is -2.22. The maximum atomic E-state index is 14.4. The Kier molecular flexibility index (Phi) is 4.23. The molecule has 0 bridgehead atoms. The summed E-state index contributed by atoms with van der Waals surface area (Å²) >= 11 is 1.39. The minimum atomic E-state index is -0.219. The predicted molar refractivity (Wildman–Crippen MR) is 128 cm³/mol. The molecule has 0 spiro atoms. The van der Waals surface area contributed by atoms with Crippen molar-refractivity contribution in [3.05, 3.63) is 110 Å². The van der Waals surface area contributed by atoms with Crippen molar-refractivity contribution in [3.8, 4) is 0 Å². The number of rotatable bonds is 3. The van der Waals surface area contributed by atoms with E-state index < -0.39 is 0 Å². The van der Waals surface area contributed by atoms with Gasteiger partial charge in [0.1, 0.15) is 5.82 Å². The van der Waals surface area contributed by atoms with E-state index in [9.17, 15) is 9.18 Å². The van der Waals surface area contributed by atoms with E-state index in [4.69, 9.17) is 0 Å². The molecule has 4 nitrogen and oxygen atoms in total. The van der Waals surface area contributed by atoms with E-state index in [0.717, 1.165) is 33.2 Å². The molecule has 0 saturated carbocycles. The molecular weight excluding hydrogens is 421 g/mol. The third kappa shape index (κ3) is 2.80. The van der Waals surface area contributed by atoms with Crippen molar-refractivity contribution >= 4 is 44.3 Å². The van der Waals surface area contributed by atoms with Crippen molar-refractivity contribution in [2.45, 2.75) is 13.5 Å². The molecule has 0 atom stereocenters. The van der Waals surface area contributed by atoms with Crippen molar-refractivity contribution in [2.75, 3.05) is 0 Å². The lowest BCUT2D eigenvalue weighted by Gasteiger charge is -2.09. The first kappa shape index (κ1) is 19.0. The highest BCUT2D eigenvalue weighted by Crippen LogP contribution is 2.28. The Hall–Kier alpha value is -3.77. The van der Waals surface area contributed by atoms with Crippen molar-refractivity contribution in [3.63, 3.8) is 0 Å². The van der Waals surface area contributed by atoms with Gasteiger partial charge in [-0.3, -0.25) is 4.79 Å². The van der Waals surface area contributed by atoms with Gasteiger partial charge in [0.15, 0.2) is 4.96 Å². The fourth-order valence-electron chi connectivity index (χ4n) is 4.38. The highest BCUT2D eigenvalue weighted by Gasteiger charge is 2.16. The van der Waals surface area contributed by atoms with Crippen LogP contribution in [-0.4, -0.2) is 14.0 Å². The predicted octanol–water partition coefficient (Wildman–Crippen LogP) is 4.91. The lowest BCUT2D eigenvalue weighted by atomic mass is 10.1. The minimum absolute atomic E-state index is 0.0657. The van der Waals surface area contributed by atoms with Crippen LogP contribution in [0.1, 0.15) is 16.8 Å². The van der Waals surface area contributed by atoms with Crippen LogP contribution in [0.3, 0.4) is 0 Å². The van der Waals surface area contributed by atoms with Crippen molar-refractivity contribution in [2.24, 2.45) is 0 Å². The molecule has 3 aromatic heterocycles. The number of thiazole rings is 1. The second-order valence-corrected chi connectivity index (χ2v) is 8.84. The molecule has 6 heteroatoms. The van der Waals surface area contributed by atoms with E-state index in [0.29, 0.717) is 21.6 Å². The second kappa shape index (κ2) is 7.14. The third-order valence-corrected chi connectivity index (χ3v) is 6.96. The Morgan fingerprint density at radius 1 is 0.969 bits per heavy atom. The fraction of sp³-hybridized carbons (Fsp3) is 0.0769. The molecule has 6 rings (SSSR count). The van der Waals surface area contributed by atoms with Gasteiger partial charge in [-0.15, -0.1) is 0 Å². The van der Waals surface area contributed by atoms with E-state index >= 15 is 0 Å². The van der Waals surface area contributed by atoms with E-state index in [2.05, 4.69) is 9.55 Å². The second-order valence-electron chi connectivity index (χ2n) is 7.83. The number of benzene rings is 3. The quantitative estimate of drug-likeness (QED) is 0.393. The maximum absolute atomic E-state index is 14.4. The average Bonchev–Trinajstić information content (AvgIpc) is 3.41. The van der Waals surface area contributed by atoms with Crippen LogP contribution in [0.2, 0.25) is 0 Å². The summed E-state index contributed by atoms with van der Waals surface area (Å²) < 4.78 is 18.8. The van der Waals surface area contributed by atoms with Crippen LogP contribution in [0.15, 0.2) is 77.6 Å². The van der Waals surface area contributed by atoms with Crippen LogP contribution in [0.25, 0.3) is 33.0 Å². The Bertz CT molecular complexity index is 1760. The largest absolute Gasteiger partial charge is 0.340 e. The molecule has 0 saturated heterocycles. The van der Waals surface area contributed by atoms with Crippen LogP contribution in [0.4, 0.5) is 4.39 Å². The van der Waals surface area contributed by atoms with Crippen LogP contribution >= 0.6 is 11.3 Å². The van der Waals surface area contributed by atoms with Gasteiger partial charge in [-0.25, -0.2) is 13.8 Å². The average molecular weight is 440 g/mol. The van der Waals surface area contributed by atoms with E-state index in [1.807, 2.05) is 73.7 Å². The highest BCUT2D eigenvalue weighted by molar-refractivity contribution is 7.15. The zero-order chi connectivity index (χ0) is 21.8. The maximum Gasteiger partial charge on any atom is 0.274 e. The van der Waals surface area contributed by atoms with Crippen molar-refractivity contribution in [1.82, 2.24) is 14.0 Å². The highest BCUT2D eigenvalue weighted by atomic mass is 32.1. The van der Waals surface area contributed by atoms with E-state index in [1.54, 1.807) is 10.5 Å². The number of aromatic nitrogens is 3. The summed E-state index contributed by atoms with van der Waals surface area (Å²) in [6.45, 7) is 2.45. The first-order valence-corrected chi connectivity index (χ1v) is 11.2. The number of halogens is 1. The SMILES string of the molecule is Cc1c(/C=c2\sc3nc4ccccc4n3c2=O)c2ccccc2n1Cc1ccccc1F. The number of hydrogen-bond acceptors (Lipinski definition) is 3. The van der Waals surface area contributed by atoms with E-state index in [1.165, 1.54) is 17.4 Å². The Morgan fingerprint density at radius 2 is 1.69 bits per heavy atom. The molecule has 3 aromatic carbocycles. The molecule has 0 amide bonds. The van der Waals surface area contributed by atoms with Gasteiger partial charge in [0.2, 0.25) is 0 Å². The number of imidazole rings is 1. The van der Waals surface area contributed by atoms with Gasteiger partial charge >= 0.3 is 0 Å². The summed E-state index contributed by atoms with van der Waals surface area (Å²) in [6.07, 6.45) is 1.95. The molecule has 0 fully saturated rings. The van der Waals surface area contributed by atoms with Crippen LogP contribution in [-0.2, 0) is 6.54 Å². The number of fused-ring (bicyclic) bond motifs is 4. The molecule has 0 aliphatic carbocycles. The minimum Gasteiger partial charge on any atom is -0.340 e. The van der Waals surface area contributed by atoms with Gasteiger partial charge in [0.25, 0.3) is 5.56 Å². The van der Waals surface area contributed by atoms with Gasteiger partial charge in [-0.05, 0) is 37.3 Å². The van der Waals surface area contributed by atoms with Gasteiger partial charge in [-0.1, -0.05) is 59.9 Å². The summed E-state index contributed by atoms with van der Waals surface area (Å²) in [7, 11) is 0. The van der Waals surface area contributed by atoms with E-state index in [-0.39, 0.29) is 11.4 Å². The molecular formula is C26H18FN3OS. The first-order chi connectivity index (χ1) is 15.6. The summed E-state index contributed by atoms with van der Waals surface area (Å²) in [5.41, 5.74) is 5.19. The summed E-state index contributed by atoms with van der Waals surface area (Å²) in [5, 5.41) is 1.04. The Morgan fingerprint density at radius 3 is 2.53 bits per heavy atom. The zero-order valence-corrected chi connectivity index (χ0v) is 18.1. The summed E-state index contributed by atoms with van der Waals surface area (Å²) in [4.78, 5) is 18.5. The molecule has 0 radical (unpaired) electrons. The number of nitrogens with zero attached hydrogens (tertiary/aromatic N) is 3.